The number of nitrogens with one attached hydrogen (secondary N) is 1. The van der Waals surface area contributed by atoms with E-state index in [0.717, 1.165) is 6.42 Å². The molecule has 2 heterocycles. The Balaban J connectivity index is 2.01. The van der Waals surface area contributed by atoms with Crippen molar-refractivity contribution in [2.75, 3.05) is 16.8 Å². The summed E-state index contributed by atoms with van der Waals surface area (Å²) in [5.74, 6) is -3.12. The second kappa shape index (κ2) is 11.7. The highest BCUT2D eigenvalue weighted by atomic mass is 19.2. The van der Waals surface area contributed by atoms with Gasteiger partial charge in [0.05, 0.1) is 11.7 Å². The molecule has 0 radical (unpaired) electrons. The summed E-state index contributed by atoms with van der Waals surface area (Å²) in [5.41, 5.74) is 3.14. The average molecular weight is 562 g/mol. The summed E-state index contributed by atoms with van der Waals surface area (Å²) in [5, 5.41) is 14.3. The zero-order valence-electron chi connectivity index (χ0n) is 24.4. The van der Waals surface area contributed by atoms with Crippen molar-refractivity contribution in [2.45, 2.75) is 60.4 Å². The molecule has 1 aromatic heterocycles. The van der Waals surface area contributed by atoms with E-state index in [2.05, 4.69) is 37.7 Å². The molecule has 1 aliphatic heterocycles. The number of hydrogen-bond acceptors (Lipinski definition) is 5. The first-order valence-electron chi connectivity index (χ1n) is 13.7. The number of ether oxygens (including phenoxy) is 1. The van der Waals surface area contributed by atoms with Gasteiger partial charge in [-0.25, -0.2) is 9.37 Å². The minimum atomic E-state index is -1.15. The number of amides is 1. The van der Waals surface area contributed by atoms with Crippen LogP contribution in [0.5, 0.6) is 11.5 Å². The van der Waals surface area contributed by atoms with Gasteiger partial charge in [-0.3, -0.25) is 9.69 Å². The number of phenolic OH excluding ortho intramolecular Hbond substituents is 1. The highest BCUT2D eigenvalue weighted by Crippen LogP contribution is 2.48. The molecule has 1 amide bonds. The van der Waals surface area contributed by atoms with Crippen LogP contribution in [0.25, 0.3) is 0 Å². The lowest BCUT2D eigenvalue weighted by atomic mass is 9.83. The lowest BCUT2D eigenvalue weighted by Crippen LogP contribution is -2.37. The number of benzene rings is 2. The molecule has 1 unspecified atom stereocenters. The molecular weight excluding hydrogens is 524 g/mol. The first kappa shape index (κ1) is 29.8. The maximum Gasteiger partial charge on any atom is 0.277 e. The zero-order chi connectivity index (χ0) is 30.1. The Morgan fingerprint density at radius 3 is 2.49 bits per heavy atom. The minimum absolute atomic E-state index is 0.0362. The van der Waals surface area contributed by atoms with Crippen LogP contribution < -0.4 is 15.0 Å². The fraction of sp³-hybridized carbons (Fsp3) is 0.333. The Bertz CT molecular complexity index is 1530. The molecule has 2 aromatic carbocycles. The van der Waals surface area contributed by atoms with E-state index in [1.54, 1.807) is 51.1 Å². The highest BCUT2D eigenvalue weighted by molar-refractivity contribution is 6.08. The highest BCUT2D eigenvalue weighted by Gasteiger charge is 2.39. The van der Waals surface area contributed by atoms with E-state index in [1.807, 2.05) is 0 Å². The van der Waals surface area contributed by atoms with E-state index in [9.17, 15) is 9.90 Å². The summed E-state index contributed by atoms with van der Waals surface area (Å²) in [6.07, 6.45) is 1.38. The minimum Gasteiger partial charge on any atom is -0.506 e. The summed E-state index contributed by atoms with van der Waals surface area (Å²) >= 11 is 0. The second-order valence-corrected chi connectivity index (χ2v) is 11.4. The standard InChI is InChI=1S/C33H37F2N3O3/c1-8-33(6,7)17-24-21(5)31(22-15-16-27(29(35)28(22)34)41-18-19(2)3)38(25-13-10-14-26(39)30(25)37-24)32(40)23-12-9-11-20(4)36-23/h9-16,31,37,39H,2,8,17-18H2,1,3-7H3. The molecular formula is C33H37F2N3O3. The number of fused-ring (bicyclic) bond motifs is 1. The van der Waals surface area contributed by atoms with Gasteiger partial charge in [-0.2, -0.15) is 4.39 Å². The Morgan fingerprint density at radius 2 is 1.83 bits per heavy atom. The summed E-state index contributed by atoms with van der Waals surface area (Å²) < 4.78 is 37.0. The number of aromatic hydroxyl groups is 1. The third-order valence-electron chi connectivity index (χ3n) is 7.48. The average Bonchev–Trinajstić information content (AvgIpc) is 3.04. The molecule has 6 nitrogen and oxygen atoms in total. The number of pyridine rings is 1. The van der Waals surface area contributed by atoms with Crippen LogP contribution in [0.2, 0.25) is 0 Å². The van der Waals surface area contributed by atoms with Crippen molar-refractivity contribution in [3.05, 3.63) is 101 Å². The van der Waals surface area contributed by atoms with Crippen LogP contribution >= 0.6 is 0 Å². The van der Waals surface area contributed by atoms with Crippen LogP contribution in [0.3, 0.4) is 0 Å². The maximum absolute atomic E-state index is 16.0. The first-order chi connectivity index (χ1) is 19.3. The monoisotopic (exact) mass is 561 g/mol. The molecule has 1 aliphatic rings. The quantitative estimate of drug-likeness (QED) is 0.214. The van der Waals surface area contributed by atoms with E-state index in [-0.39, 0.29) is 34.8 Å². The summed E-state index contributed by atoms with van der Waals surface area (Å²) in [6.45, 7) is 15.4. The normalized spacial score (nSPS) is 15.2. The van der Waals surface area contributed by atoms with Gasteiger partial charge in [-0.05, 0) is 80.2 Å². The topological polar surface area (TPSA) is 74.7 Å². The van der Waals surface area contributed by atoms with Crippen molar-refractivity contribution in [1.29, 1.82) is 0 Å². The van der Waals surface area contributed by atoms with E-state index >= 15 is 8.78 Å². The summed E-state index contributed by atoms with van der Waals surface area (Å²) in [4.78, 5) is 20.1. The second-order valence-electron chi connectivity index (χ2n) is 11.4. The molecule has 0 fully saturated rings. The predicted octanol–water partition coefficient (Wildman–Crippen LogP) is 8.24. The van der Waals surface area contributed by atoms with Crippen molar-refractivity contribution in [3.63, 3.8) is 0 Å². The Morgan fingerprint density at radius 1 is 1.12 bits per heavy atom. The van der Waals surface area contributed by atoms with Crippen LogP contribution in [0, 0.1) is 24.0 Å². The lowest BCUT2D eigenvalue weighted by Gasteiger charge is -2.33. The Hall–Kier alpha value is -4.20. The number of rotatable bonds is 8. The molecule has 1 atom stereocenters. The van der Waals surface area contributed by atoms with Crippen LogP contribution in [0.15, 0.2) is 72.0 Å². The molecule has 0 bridgehead atoms. The molecule has 0 saturated heterocycles. The number of anilines is 2. The van der Waals surface area contributed by atoms with Gasteiger partial charge in [-0.15, -0.1) is 0 Å². The largest absolute Gasteiger partial charge is 0.506 e. The Kier molecular flexibility index (Phi) is 8.52. The number of para-hydroxylation sites is 1. The van der Waals surface area contributed by atoms with E-state index in [0.29, 0.717) is 40.3 Å². The van der Waals surface area contributed by atoms with Gasteiger partial charge in [0.2, 0.25) is 5.82 Å². The third-order valence-corrected chi connectivity index (χ3v) is 7.48. The molecule has 8 heteroatoms. The van der Waals surface area contributed by atoms with Crippen molar-refractivity contribution >= 4 is 17.3 Å². The molecule has 41 heavy (non-hydrogen) atoms. The van der Waals surface area contributed by atoms with Crippen molar-refractivity contribution in [1.82, 2.24) is 4.98 Å². The number of aryl methyl sites for hydroxylation is 1. The number of phenols is 1. The van der Waals surface area contributed by atoms with Gasteiger partial charge in [0.25, 0.3) is 5.91 Å². The molecule has 0 spiro atoms. The number of carbonyl (C=O) groups excluding carboxylic acids is 1. The smallest absolute Gasteiger partial charge is 0.277 e. The summed E-state index contributed by atoms with van der Waals surface area (Å²) in [7, 11) is 0. The third kappa shape index (κ3) is 6.11. The molecule has 2 N–H and O–H groups in total. The Labute approximate surface area is 240 Å². The number of nitrogens with zero attached hydrogens (tertiary/aromatic N) is 2. The summed E-state index contributed by atoms with van der Waals surface area (Å²) in [6, 6.07) is 11.6. The fourth-order valence-electron chi connectivity index (χ4n) is 4.85. The van der Waals surface area contributed by atoms with Gasteiger partial charge >= 0.3 is 0 Å². The van der Waals surface area contributed by atoms with Gasteiger partial charge in [0.15, 0.2) is 11.6 Å². The number of hydrogen-bond donors (Lipinski definition) is 2. The van der Waals surface area contributed by atoms with Gasteiger partial charge < -0.3 is 15.2 Å². The van der Waals surface area contributed by atoms with Crippen LogP contribution in [-0.4, -0.2) is 22.6 Å². The van der Waals surface area contributed by atoms with Crippen LogP contribution in [-0.2, 0) is 0 Å². The van der Waals surface area contributed by atoms with Gasteiger partial charge in [0, 0.05) is 17.0 Å². The molecule has 216 valence electrons. The van der Waals surface area contributed by atoms with Crippen molar-refractivity contribution in [3.8, 4) is 11.5 Å². The SMILES string of the molecule is C=C(C)COc1ccc(C2C(C)=C(CC(C)(C)CC)Nc3c(O)cccc3N2C(=O)c2cccc(C)n2)c(F)c1F. The first-order valence-corrected chi connectivity index (χ1v) is 13.7. The fourth-order valence-corrected chi connectivity index (χ4v) is 4.85. The van der Waals surface area contributed by atoms with E-state index in [4.69, 9.17) is 4.74 Å². The predicted molar refractivity (Wildman–Crippen MR) is 158 cm³/mol. The van der Waals surface area contributed by atoms with E-state index < -0.39 is 23.6 Å². The lowest BCUT2D eigenvalue weighted by molar-refractivity contribution is 0.0974. The zero-order valence-corrected chi connectivity index (χ0v) is 24.4. The number of halogens is 2. The molecule has 0 saturated carbocycles. The van der Waals surface area contributed by atoms with Gasteiger partial charge in [-0.1, -0.05) is 45.9 Å². The van der Waals surface area contributed by atoms with Crippen LogP contribution in [0.4, 0.5) is 20.2 Å². The molecule has 0 aliphatic carbocycles. The van der Waals surface area contributed by atoms with Crippen molar-refractivity contribution in [2.24, 2.45) is 5.41 Å². The number of carbonyl (C=O) groups is 1. The van der Waals surface area contributed by atoms with E-state index in [1.165, 1.54) is 23.1 Å². The number of aromatic nitrogens is 1. The maximum atomic E-state index is 16.0. The number of allylic oxidation sites excluding steroid dienone is 1. The van der Waals surface area contributed by atoms with Gasteiger partial charge in [0.1, 0.15) is 23.7 Å². The molecule has 4 rings (SSSR count). The van der Waals surface area contributed by atoms with Crippen molar-refractivity contribution < 1.29 is 23.4 Å². The van der Waals surface area contributed by atoms with Crippen LogP contribution in [0.1, 0.15) is 75.2 Å². The molecule has 3 aromatic rings.